The van der Waals surface area contributed by atoms with Crippen molar-refractivity contribution in [2.75, 3.05) is 25.2 Å². The van der Waals surface area contributed by atoms with Crippen molar-refractivity contribution in [3.8, 4) is 0 Å². The van der Waals surface area contributed by atoms with Crippen LogP contribution < -0.4 is 0 Å². The highest BCUT2D eigenvalue weighted by Gasteiger charge is 2.32. The first-order chi connectivity index (χ1) is 10.3. The number of likely N-dealkylation sites (N-methyl/N-ethyl adjacent to an activating group) is 1. The fourth-order valence-electron chi connectivity index (χ4n) is 2.21. The Morgan fingerprint density at radius 2 is 2.14 bits per heavy atom. The standard InChI is InChI=1S/C14H16BrNO5S/c1-16(12-5-6-22(19,20)9-12)13(17)8-21-14(18)10-3-2-4-11(15)7-10/h2-4,7,12H,5-6,8-9H2,1H3. The van der Waals surface area contributed by atoms with E-state index >= 15 is 0 Å². The number of sulfone groups is 1. The molecule has 0 radical (unpaired) electrons. The molecule has 0 saturated carbocycles. The normalized spacial score (nSPS) is 19.6. The number of carbonyl (C=O) groups is 2. The van der Waals surface area contributed by atoms with Gasteiger partial charge in [-0.1, -0.05) is 22.0 Å². The second-order valence-electron chi connectivity index (χ2n) is 5.15. The molecular weight excluding hydrogens is 374 g/mol. The molecule has 1 saturated heterocycles. The minimum atomic E-state index is -3.06. The topological polar surface area (TPSA) is 80.8 Å². The lowest BCUT2D eigenvalue weighted by Crippen LogP contribution is -2.40. The SMILES string of the molecule is CN(C(=O)COC(=O)c1cccc(Br)c1)C1CCS(=O)(=O)C1. The summed E-state index contributed by atoms with van der Waals surface area (Å²) in [4.78, 5) is 25.2. The summed E-state index contributed by atoms with van der Waals surface area (Å²) >= 11 is 3.25. The van der Waals surface area contributed by atoms with Crippen LogP contribution in [0.3, 0.4) is 0 Å². The van der Waals surface area contributed by atoms with Crippen molar-refractivity contribution in [1.29, 1.82) is 0 Å². The van der Waals surface area contributed by atoms with Crippen LogP contribution in [-0.2, 0) is 19.4 Å². The third-order valence-electron chi connectivity index (χ3n) is 3.54. The fraction of sp³-hybridized carbons (Fsp3) is 0.429. The molecule has 1 heterocycles. The van der Waals surface area contributed by atoms with E-state index in [0.29, 0.717) is 12.0 Å². The summed E-state index contributed by atoms with van der Waals surface area (Å²) < 4.78 is 28.6. The molecule has 6 nitrogen and oxygen atoms in total. The number of esters is 1. The molecule has 0 bridgehead atoms. The lowest BCUT2D eigenvalue weighted by Gasteiger charge is -2.23. The number of ether oxygens (including phenoxy) is 1. The van der Waals surface area contributed by atoms with E-state index in [-0.39, 0.29) is 17.5 Å². The van der Waals surface area contributed by atoms with Crippen LogP contribution in [0.25, 0.3) is 0 Å². The van der Waals surface area contributed by atoms with Crippen LogP contribution in [0.4, 0.5) is 0 Å². The summed E-state index contributed by atoms with van der Waals surface area (Å²) in [6.07, 6.45) is 0.421. The van der Waals surface area contributed by atoms with Crippen molar-refractivity contribution in [3.05, 3.63) is 34.3 Å². The first kappa shape index (κ1) is 17.0. The molecule has 0 aromatic heterocycles. The Hall–Kier alpha value is -1.41. The zero-order valence-corrected chi connectivity index (χ0v) is 14.4. The maximum absolute atomic E-state index is 12.0. The van der Waals surface area contributed by atoms with E-state index in [9.17, 15) is 18.0 Å². The molecular formula is C14H16BrNO5S. The Balaban J connectivity index is 1.88. The Bertz CT molecular complexity index is 688. The van der Waals surface area contributed by atoms with Gasteiger partial charge in [0.05, 0.1) is 17.1 Å². The van der Waals surface area contributed by atoms with Crippen molar-refractivity contribution in [1.82, 2.24) is 4.90 Å². The number of amides is 1. The molecule has 1 aliphatic rings. The fourth-order valence-corrected chi connectivity index (χ4v) is 4.39. The summed E-state index contributed by atoms with van der Waals surface area (Å²) in [5.74, 6) is -0.949. The summed E-state index contributed by atoms with van der Waals surface area (Å²) in [6, 6.07) is 6.31. The van der Waals surface area contributed by atoms with Gasteiger partial charge < -0.3 is 9.64 Å². The van der Waals surface area contributed by atoms with Crippen LogP contribution in [0.5, 0.6) is 0 Å². The smallest absolute Gasteiger partial charge is 0.338 e. The molecule has 2 rings (SSSR count). The second-order valence-corrected chi connectivity index (χ2v) is 8.29. The molecule has 8 heteroatoms. The van der Waals surface area contributed by atoms with E-state index in [1.807, 2.05) is 0 Å². The average molecular weight is 390 g/mol. The van der Waals surface area contributed by atoms with Crippen molar-refractivity contribution in [3.63, 3.8) is 0 Å². The van der Waals surface area contributed by atoms with E-state index in [1.165, 1.54) is 11.9 Å². The molecule has 1 unspecified atom stereocenters. The van der Waals surface area contributed by atoms with Crippen LogP contribution in [0, 0.1) is 0 Å². The second kappa shape index (κ2) is 6.78. The van der Waals surface area contributed by atoms with Gasteiger partial charge in [-0.25, -0.2) is 13.2 Å². The molecule has 0 spiro atoms. The van der Waals surface area contributed by atoms with Gasteiger partial charge in [0, 0.05) is 17.6 Å². The van der Waals surface area contributed by atoms with Gasteiger partial charge in [0.1, 0.15) is 0 Å². The van der Waals surface area contributed by atoms with Crippen LogP contribution in [-0.4, -0.2) is 56.4 Å². The van der Waals surface area contributed by atoms with E-state index in [4.69, 9.17) is 4.74 Å². The predicted octanol–water partition coefficient (Wildman–Crippen LogP) is 1.25. The summed E-state index contributed by atoms with van der Waals surface area (Å²) in [6.45, 7) is -0.404. The van der Waals surface area contributed by atoms with Gasteiger partial charge in [-0.15, -0.1) is 0 Å². The summed E-state index contributed by atoms with van der Waals surface area (Å²) in [5.41, 5.74) is 0.341. The van der Waals surface area contributed by atoms with Crippen LogP contribution >= 0.6 is 15.9 Å². The molecule has 1 fully saturated rings. The Kier molecular flexibility index (Phi) is 5.23. The monoisotopic (exact) mass is 389 g/mol. The van der Waals surface area contributed by atoms with Gasteiger partial charge in [-0.05, 0) is 24.6 Å². The zero-order valence-electron chi connectivity index (χ0n) is 12.0. The molecule has 120 valence electrons. The van der Waals surface area contributed by atoms with Gasteiger partial charge in [-0.3, -0.25) is 4.79 Å². The first-order valence-electron chi connectivity index (χ1n) is 6.67. The number of carbonyl (C=O) groups excluding carboxylic acids is 2. The quantitative estimate of drug-likeness (QED) is 0.723. The maximum atomic E-state index is 12.0. The molecule has 1 atom stereocenters. The number of benzene rings is 1. The Morgan fingerprint density at radius 1 is 1.41 bits per heavy atom. The largest absolute Gasteiger partial charge is 0.452 e. The number of hydrogen-bond acceptors (Lipinski definition) is 5. The number of halogens is 1. The van der Waals surface area contributed by atoms with E-state index in [1.54, 1.807) is 24.3 Å². The lowest BCUT2D eigenvalue weighted by molar-refractivity contribution is -0.134. The number of nitrogens with zero attached hydrogens (tertiary/aromatic N) is 1. The van der Waals surface area contributed by atoms with E-state index in [2.05, 4.69) is 15.9 Å². The molecule has 1 amide bonds. The molecule has 22 heavy (non-hydrogen) atoms. The Morgan fingerprint density at radius 3 is 2.73 bits per heavy atom. The number of hydrogen-bond donors (Lipinski definition) is 0. The third kappa shape index (κ3) is 4.30. The van der Waals surface area contributed by atoms with Crippen molar-refractivity contribution < 1.29 is 22.7 Å². The number of rotatable bonds is 4. The Labute approximate surface area is 137 Å². The highest BCUT2D eigenvalue weighted by Crippen LogP contribution is 2.17. The molecule has 1 aromatic carbocycles. The van der Waals surface area contributed by atoms with Crippen LogP contribution in [0.2, 0.25) is 0 Å². The van der Waals surface area contributed by atoms with E-state index < -0.39 is 28.3 Å². The molecule has 0 N–H and O–H groups in total. The van der Waals surface area contributed by atoms with Crippen molar-refractivity contribution in [2.24, 2.45) is 0 Å². The van der Waals surface area contributed by atoms with Gasteiger partial charge in [0.2, 0.25) is 0 Å². The van der Waals surface area contributed by atoms with Crippen LogP contribution in [0.15, 0.2) is 28.7 Å². The van der Waals surface area contributed by atoms with Crippen molar-refractivity contribution >= 4 is 37.6 Å². The first-order valence-corrected chi connectivity index (χ1v) is 9.29. The van der Waals surface area contributed by atoms with Gasteiger partial charge >= 0.3 is 5.97 Å². The highest BCUT2D eigenvalue weighted by atomic mass is 79.9. The summed E-state index contributed by atoms with van der Waals surface area (Å²) in [5, 5.41) is 0. The summed E-state index contributed by atoms with van der Waals surface area (Å²) in [7, 11) is -1.53. The highest BCUT2D eigenvalue weighted by molar-refractivity contribution is 9.10. The minimum absolute atomic E-state index is 0.0329. The van der Waals surface area contributed by atoms with Crippen LogP contribution in [0.1, 0.15) is 16.8 Å². The predicted molar refractivity (Wildman–Crippen MR) is 84.3 cm³/mol. The third-order valence-corrected chi connectivity index (χ3v) is 5.78. The van der Waals surface area contributed by atoms with Gasteiger partial charge in [-0.2, -0.15) is 0 Å². The maximum Gasteiger partial charge on any atom is 0.338 e. The lowest BCUT2D eigenvalue weighted by atomic mass is 10.2. The zero-order chi connectivity index (χ0) is 16.3. The molecule has 1 aromatic rings. The van der Waals surface area contributed by atoms with Gasteiger partial charge in [0.15, 0.2) is 16.4 Å². The van der Waals surface area contributed by atoms with E-state index in [0.717, 1.165) is 4.47 Å². The van der Waals surface area contributed by atoms with Crippen molar-refractivity contribution in [2.45, 2.75) is 12.5 Å². The molecule has 1 aliphatic heterocycles. The minimum Gasteiger partial charge on any atom is -0.452 e. The average Bonchev–Trinajstić information content (AvgIpc) is 2.83. The molecule has 0 aliphatic carbocycles. The van der Waals surface area contributed by atoms with Gasteiger partial charge in [0.25, 0.3) is 5.91 Å².